The van der Waals surface area contributed by atoms with Gasteiger partial charge in [-0.3, -0.25) is 5.32 Å². The number of nitrogens with zero attached hydrogens (tertiary/aromatic N) is 1. The number of carbonyl (C=O) groups excluding carboxylic acids is 1. The number of hydrogen-bond acceptors (Lipinski definition) is 3. The molecular formula is C26H29N2O2S+. The molecule has 6 rings (SSSR count). The average molecular weight is 434 g/mol. The smallest absolute Gasteiger partial charge is 0.411 e. The molecule has 4 heterocycles. The summed E-state index contributed by atoms with van der Waals surface area (Å²) in [4.78, 5) is 13.6. The summed E-state index contributed by atoms with van der Waals surface area (Å²) in [5.74, 6) is 1.14. The normalized spacial score (nSPS) is 24.6. The van der Waals surface area contributed by atoms with Gasteiger partial charge < -0.3 is 9.22 Å². The average Bonchev–Trinajstić information content (AvgIpc) is 3.27. The lowest BCUT2D eigenvalue weighted by molar-refractivity contribution is -0.959. The summed E-state index contributed by atoms with van der Waals surface area (Å²) >= 11 is 1.63. The van der Waals surface area contributed by atoms with E-state index in [1.165, 1.54) is 31.5 Å². The second-order valence-corrected chi connectivity index (χ2v) is 9.88. The van der Waals surface area contributed by atoms with Crippen molar-refractivity contribution in [3.8, 4) is 10.4 Å². The van der Waals surface area contributed by atoms with E-state index in [-0.39, 0.29) is 6.09 Å². The van der Waals surface area contributed by atoms with E-state index in [0.29, 0.717) is 18.4 Å². The summed E-state index contributed by atoms with van der Waals surface area (Å²) in [7, 11) is 0. The van der Waals surface area contributed by atoms with Crippen LogP contribution in [0.4, 0.5) is 10.5 Å². The number of piperidine rings is 3. The highest BCUT2D eigenvalue weighted by Gasteiger charge is 2.46. The van der Waals surface area contributed by atoms with Crippen LogP contribution in [0.5, 0.6) is 0 Å². The quantitative estimate of drug-likeness (QED) is 0.483. The molecule has 0 saturated carbocycles. The number of benzene rings is 2. The number of anilines is 1. The number of nitrogens with one attached hydrogen (secondary N) is 1. The Bertz CT molecular complexity index is 1010. The molecule has 0 aliphatic carbocycles. The van der Waals surface area contributed by atoms with Crippen molar-refractivity contribution in [2.24, 2.45) is 11.8 Å². The molecule has 0 radical (unpaired) electrons. The lowest BCUT2D eigenvalue weighted by atomic mass is 9.77. The molecule has 4 nitrogen and oxygen atoms in total. The summed E-state index contributed by atoms with van der Waals surface area (Å²) in [6.45, 7) is 5.21. The molecule has 5 heteroatoms. The van der Waals surface area contributed by atoms with Crippen LogP contribution in [0.1, 0.15) is 18.4 Å². The fraction of sp³-hybridized carbons (Fsp3) is 0.346. The first-order valence-electron chi connectivity index (χ1n) is 11.2. The van der Waals surface area contributed by atoms with E-state index in [1.807, 2.05) is 29.6 Å². The van der Waals surface area contributed by atoms with Crippen LogP contribution in [-0.4, -0.2) is 36.8 Å². The minimum Gasteiger partial charge on any atom is -0.449 e. The lowest BCUT2D eigenvalue weighted by Gasteiger charge is -2.52. The van der Waals surface area contributed by atoms with Crippen LogP contribution < -0.4 is 5.32 Å². The van der Waals surface area contributed by atoms with Crippen molar-refractivity contribution >= 4 is 23.1 Å². The van der Waals surface area contributed by atoms with Crippen molar-refractivity contribution in [3.05, 3.63) is 77.7 Å². The van der Waals surface area contributed by atoms with Gasteiger partial charge in [-0.25, -0.2) is 4.79 Å². The van der Waals surface area contributed by atoms with E-state index < -0.39 is 0 Å². The van der Waals surface area contributed by atoms with Gasteiger partial charge in [-0.15, -0.1) is 11.3 Å². The lowest BCUT2D eigenvalue weighted by Crippen LogP contribution is -2.61. The van der Waals surface area contributed by atoms with Gasteiger partial charge in [-0.2, -0.15) is 0 Å². The Morgan fingerprint density at radius 1 is 1.00 bits per heavy atom. The van der Waals surface area contributed by atoms with E-state index in [2.05, 4.69) is 47.8 Å². The fourth-order valence-electron chi connectivity index (χ4n) is 5.37. The minimum absolute atomic E-state index is 0.346. The zero-order valence-corrected chi connectivity index (χ0v) is 18.5. The minimum atomic E-state index is -0.346. The van der Waals surface area contributed by atoms with Crippen molar-refractivity contribution in [2.45, 2.75) is 19.4 Å². The second-order valence-electron chi connectivity index (χ2n) is 8.97. The van der Waals surface area contributed by atoms with Gasteiger partial charge in [-0.1, -0.05) is 60.7 Å². The number of quaternary nitrogens is 1. The number of carbonyl (C=O) groups is 1. The van der Waals surface area contributed by atoms with Gasteiger partial charge >= 0.3 is 6.09 Å². The predicted octanol–water partition coefficient (Wildman–Crippen LogP) is 6.02. The maximum Gasteiger partial charge on any atom is 0.411 e. The number of rotatable bonds is 6. The fourth-order valence-corrected chi connectivity index (χ4v) is 6.23. The molecule has 1 atom stereocenters. The van der Waals surface area contributed by atoms with E-state index in [1.54, 1.807) is 11.3 Å². The van der Waals surface area contributed by atoms with Crippen molar-refractivity contribution in [3.63, 3.8) is 0 Å². The molecule has 3 fully saturated rings. The van der Waals surface area contributed by atoms with E-state index in [9.17, 15) is 4.79 Å². The third-order valence-corrected chi connectivity index (χ3v) is 7.93. The Kier molecular flexibility index (Phi) is 5.79. The number of hydrogen-bond donors (Lipinski definition) is 1. The van der Waals surface area contributed by atoms with Crippen LogP contribution in [0, 0.1) is 11.8 Å². The molecule has 31 heavy (non-hydrogen) atoms. The van der Waals surface area contributed by atoms with Gasteiger partial charge in [0.25, 0.3) is 0 Å². The van der Waals surface area contributed by atoms with E-state index in [4.69, 9.17) is 4.74 Å². The van der Waals surface area contributed by atoms with Crippen LogP contribution >= 0.6 is 11.3 Å². The maximum atomic E-state index is 12.6. The Balaban J connectivity index is 1.19. The van der Waals surface area contributed by atoms with Crippen LogP contribution in [0.25, 0.3) is 10.4 Å². The molecule has 1 N–H and O–H groups in total. The Morgan fingerprint density at radius 3 is 2.45 bits per heavy atom. The van der Waals surface area contributed by atoms with Gasteiger partial charge in [-0.05, 0) is 22.9 Å². The molecule has 1 amide bonds. The Hall–Kier alpha value is -2.63. The van der Waals surface area contributed by atoms with Crippen LogP contribution in [0.15, 0.2) is 72.1 Å². The van der Waals surface area contributed by atoms with E-state index in [0.717, 1.165) is 33.7 Å². The molecule has 3 aliphatic heterocycles. The molecule has 3 aromatic rings. The van der Waals surface area contributed by atoms with Crippen molar-refractivity contribution in [1.82, 2.24) is 0 Å². The maximum absolute atomic E-state index is 12.6. The van der Waals surface area contributed by atoms with Gasteiger partial charge in [0.05, 0.1) is 30.2 Å². The zero-order chi connectivity index (χ0) is 21.1. The molecular weight excluding hydrogens is 404 g/mol. The molecule has 1 aromatic heterocycles. The van der Waals surface area contributed by atoms with Gasteiger partial charge in [0, 0.05) is 24.3 Å². The van der Waals surface area contributed by atoms with Crippen molar-refractivity contribution in [1.29, 1.82) is 0 Å². The SMILES string of the molecule is O=C(Nc1ccsc1-c1ccccc1)OCC1C[N+]2(Cc3ccccc3)CCC1CC2. The third kappa shape index (κ3) is 4.53. The summed E-state index contributed by atoms with van der Waals surface area (Å²) < 4.78 is 6.88. The molecule has 0 spiro atoms. The van der Waals surface area contributed by atoms with Crippen molar-refractivity contribution in [2.75, 3.05) is 31.6 Å². The summed E-state index contributed by atoms with van der Waals surface area (Å²) in [5.41, 5.74) is 3.34. The molecule has 3 saturated heterocycles. The monoisotopic (exact) mass is 433 g/mol. The highest BCUT2D eigenvalue weighted by molar-refractivity contribution is 7.14. The standard InChI is InChI=1S/C26H28N2O2S/c29-26(27-24-13-16-31-25(24)22-9-5-2-6-10-22)30-19-23-18-28(14-11-21(23)12-15-28)17-20-7-3-1-4-8-20/h1-10,13,16,21,23H,11-12,14-15,17-19H2/p+1. The molecule has 2 bridgehead atoms. The predicted molar refractivity (Wildman–Crippen MR) is 126 cm³/mol. The number of ether oxygens (including phenoxy) is 1. The highest BCUT2D eigenvalue weighted by Crippen LogP contribution is 2.39. The first-order valence-corrected chi connectivity index (χ1v) is 12.0. The Morgan fingerprint density at radius 2 is 1.71 bits per heavy atom. The second kappa shape index (κ2) is 8.85. The highest BCUT2D eigenvalue weighted by atomic mass is 32.1. The third-order valence-electron chi connectivity index (χ3n) is 6.96. The Labute approximate surface area is 188 Å². The van der Waals surface area contributed by atoms with Crippen LogP contribution in [-0.2, 0) is 11.3 Å². The van der Waals surface area contributed by atoms with Gasteiger partial charge in [0.15, 0.2) is 0 Å². The topological polar surface area (TPSA) is 38.3 Å². The summed E-state index contributed by atoms with van der Waals surface area (Å²) in [5, 5.41) is 4.97. The van der Waals surface area contributed by atoms with Crippen LogP contribution in [0.2, 0.25) is 0 Å². The number of fused-ring (bicyclic) bond motifs is 3. The van der Waals surface area contributed by atoms with Gasteiger partial charge in [0.1, 0.15) is 13.2 Å². The summed E-state index contributed by atoms with van der Waals surface area (Å²) in [6.07, 6.45) is 2.14. The zero-order valence-electron chi connectivity index (χ0n) is 17.7. The van der Waals surface area contributed by atoms with Crippen LogP contribution in [0.3, 0.4) is 0 Å². The molecule has 1 unspecified atom stereocenters. The number of thiophene rings is 1. The summed E-state index contributed by atoms with van der Waals surface area (Å²) in [6, 6.07) is 22.9. The first kappa shape index (κ1) is 20.3. The number of amides is 1. The first-order chi connectivity index (χ1) is 15.2. The molecule has 3 aliphatic rings. The molecule has 160 valence electrons. The van der Waals surface area contributed by atoms with Gasteiger partial charge in [0.2, 0.25) is 0 Å². The van der Waals surface area contributed by atoms with E-state index >= 15 is 0 Å². The molecule has 2 aromatic carbocycles. The van der Waals surface area contributed by atoms with Crippen molar-refractivity contribution < 1.29 is 14.0 Å². The largest absolute Gasteiger partial charge is 0.449 e.